The molecule has 0 bridgehead atoms. The highest BCUT2D eigenvalue weighted by atomic mass is 16.7. The van der Waals surface area contributed by atoms with Gasteiger partial charge >= 0.3 is 0 Å². The van der Waals surface area contributed by atoms with Crippen molar-refractivity contribution in [3.05, 3.63) is 11.6 Å². The average Bonchev–Trinajstić information content (AvgIpc) is 2.89. The molecule has 4 aliphatic rings. The van der Waals surface area contributed by atoms with Crippen molar-refractivity contribution in [1.82, 2.24) is 0 Å². The number of aliphatic hydroxyl groups is 8. The minimum Gasteiger partial charge on any atom is -0.394 e. The molecule has 14 atom stereocenters. The first-order chi connectivity index (χ1) is 18.3. The number of aliphatic hydroxyl groups excluding tert-OH is 8. The Hall–Kier alpha value is -0.740. The van der Waals surface area contributed by atoms with Gasteiger partial charge in [0.15, 0.2) is 12.6 Å². The zero-order chi connectivity index (χ0) is 28.9. The van der Waals surface area contributed by atoms with Gasteiger partial charge in [0.1, 0.15) is 48.8 Å². The van der Waals surface area contributed by atoms with E-state index in [4.69, 9.17) is 18.9 Å². The lowest BCUT2D eigenvalue weighted by Gasteiger charge is -2.59. The molecule has 8 N–H and O–H groups in total. The van der Waals surface area contributed by atoms with E-state index in [0.29, 0.717) is 6.42 Å². The molecular formula is C27H46O12. The number of allylic oxidation sites excluding steroid dienone is 1. The van der Waals surface area contributed by atoms with Crippen molar-refractivity contribution < 1.29 is 59.8 Å². The average molecular weight is 563 g/mol. The van der Waals surface area contributed by atoms with Gasteiger partial charge in [-0.1, -0.05) is 32.4 Å². The van der Waals surface area contributed by atoms with Crippen molar-refractivity contribution in [3.63, 3.8) is 0 Å². The van der Waals surface area contributed by atoms with E-state index in [2.05, 4.69) is 26.8 Å². The maximum absolute atomic E-state index is 10.5. The highest BCUT2D eigenvalue weighted by Gasteiger charge is 2.57. The Balaban J connectivity index is 1.48. The maximum Gasteiger partial charge on any atom is 0.186 e. The first-order valence-electron chi connectivity index (χ1n) is 13.8. The zero-order valence-corrected chi connectivity index (χ0v) is 23.0. The van der Waals surface area contributed by atoms with Crippen LogP contribution in [0.1, 0.15) is 47.0 Å². The molecule has 2 heterocycles. The molecule has 0 radical (unpaired) electrons. The number of ether oxygens (including phenoxy) is 4. The Morgan fingerprint density at radius 1 is 0.821 bits per heavy atom. The fourth-order valence-corrected chi connectivity index (χ4v) is 7.32. The summed E-state index contributed by atoms with van der Waals surface area (Å²) in [6.07, 6.45) is -9.47. The van der Waals surface area contributed by atoms with Crippen LogP contribution in [0.4, 0.5) is 0 Å². The molecule has 0 aromatic rings. The molecule has 1 saturated carbocycles. The van der Waals surface area contributed by atoms with E-state index in [0.717, 1.165) is 18.4 Å². The van der Waals surface area contributed by atoms with Crippen LogP contribution in [0.15, 0.2) is 11.6 Å². The summed E-state index contributed by atoms with van der Waals surface area (Å²) in [5, 5.41) is 80.5. The maximum atomic E-state index is 10.5. The number of fused-ring (bicyclic) bond motifs is 1. The summed E-state index contributed by atoms with van der Waals surface area (Å²) < 4.78 is 23.4. The van der Waals surface area contributed by atoms with Crippen LogP contribution >= 0.6 is 0 Å². The van der Waals surface area contributed by atoms with Crippen LogP contribution in [0.3, 0.4) is 0 Å². The van der Waals surface area contributed by atoms with Gasteiger partial charge in [0.2, 0.25) is 0 Å². The highest BCUT2D eigenvalue weighted by Crippen LogP contribution is 2.60. The summed E-state index contributed by atoms with van der Waals surface area (Å²) >= 11 is 0. The summed E-state index contributed by atoms with van der Waals surface area (Å²) in [4.78, 5) is 0. The van der Waals surface area contributed by atoms with Gasteiger partial charge in [-0.3, -0.25) is 0 Å². The molecule has 0 aromatic carbocycles. The summed E-state index contributed by atoms with van der Waals surface area (Å²) in [6.45, 7) is 7.54. The predicted molar refractivity (Wildman–Crippen MR) is 135 cm³/mol. The summed E-state index contributed by atoms with van der Waals surface area (Å²) in [5.74, 6) is 0.0526. The van der Waals surface area contributed by atoms with Gasteiger partial charge in [-0.15, -0.1) is 0 Å². The summed E-state index contributed by atoms with van der Waals surface area (Å²) in [5.41, 5.74) is 0.471. The molecule has 2 saturated heterocycles. The second kappa shape index (κ2) is 11.9. The van der Waals surface area contributed by atoms with Gasteiger partial charge < -0.3 is 59.8 Å². The minimum absolute atomic E-state index is 0.0592. The third-order valence-electron chi connectivity index (χ3n) is 9.91. The van der Waals surface area contributed by atoms with Crippen LogP contribution < -0.4 is 0 Å². The van der Waals surface area contributed by atoms with E-state index in [1.807, 2.05) is 6.92 Å². The molecular weight excluding hydrogens is 516 g/mol. The van der Waals surface area contributed by atoms with Crippen LogP contribution in [0.25, 0.3) is 0 Å². The topological polar surface area (TPSA) is 199 Å². The van der Waals surface area contributed by atoms with Crippen LogP contribution in [0.5, 0.6) is 0 Å². The Kier molecular flexibility index (Phi) is 9.49. The van der Waals surface area contributed by atoms with E-state index >= 15 is 0 Å². The zero-order valence-electron chi connectivity index (χ0n) is 23.0. The van der Waals surface area contributed by atoms with Crippen molar-refractivity contribution in [2.45, 2.75) is 114 Å². The monoisotopic (exact) mass is 562 g/mol. The van der Waals surface area contributed by atoms with Crippen molar-refractivity contribution in [2.75, 3.05) is 19.8 Å². The van der Waals surface area contributed by atoms with Crippen LogP contribution in [-0.2, 0) is 18.9 Å². The molecule has 39 heavy (non-hydrogen) atoms. The normalized spacial score (nSPS) is 50.3. The second-order valence-corrected chi connectivity index (χ2v) is 12.5. The molecule has 0 amide bonds. The van der Waals surface area contributed by atoms with Crippen LogP contribution in [0, 0.1) is 22.7 Å². The first-order valence-corrected chi connectivity index (χ1v) is 13.8. The van der Waals surface area contributed by atoms with Gasteiger partial charge in [-0.25, -0.2) is 0 Å². The minimum atomic E-state index is -1.51. The fraction of sp³-hybridized carbons (Fsp3) is 0.926. The molecule has 12 nitrogen and oxygen atoms in total. The number of hydrogen-bond acceptors (Lipinski definition) is 12. The van der Waals surface area contributed by atoms with Crippen molar-refractivity contribution in [2.24, 2.45) is 22.7 Å². The van der Waals surface area contributed by atoms with E-state index in [9.17, 15) is 40.9 Å². The molecule has 2 aliphatic heterocycles. The molecule has 226 valence electrons. The molecule has 3 fully saturated rings. The molecule has 14 unspecified atom stereocenters. The third-order valence-corrected chi connectivity index (χ3v) is 9.91. The Labute approximate surface area is 228 Å². The molecule has 4 rings (SSSR count). The van der Waals surface area contributed by atoms with Crippen LogP contribution in [0.2, 0.25) is 0 Å². The fourth-order valence-electron chi connectivity index (χ4n) is 7.32. The number of rotatable bonds is 7. The summed E-state index contributed by atoms with van der Waals surface area (Å²) in [7, 11) is 0. The van der Waals surface area contributed by atoms with Gasteiger partial charge in [0.05, 0.1) is 25.9 Å². The Bertz CT molecular complexity index is 864. The van der Waals surface area contributed by atoms with Crippen molar-refractivity contribution in [3.8, 4) is 0 Å². The molecule has 0 spiro atoms. The lowest BCUT2D eigenvalue weighted by atomic mass is 9.48. The second-order valence-electron chi connectivity index (χ2n) is 12.5. The smallest absolute Gasteiger partial charge is 0.186 e. The first kappa shape index (κ1) is 31.2. The molecule has 2 aliphatic carbocycles. The lowest BCUT2D eigenvalue weighted by molar-refractivity contribution is -0.328. The predicted octanol–water partition coefficient (Wildman–Crippen LogP) is -1.60. The van der Waals surface area contributed by atoms with Crippen LogP contribution in [-0.4, -0.2) is 128 Å². The van der Waals surface area contributed by atoms with Crippen molar-refractivity contribution in [1.29, 1.82) is 0 Å². The third kappa shape index (κ3) is 5.56. The highest BCUT2D eigenvalue weighted by molar-refractivity contribution is 5.19. The molecule has 12 heteroatoms. The largest absolute Gasteiger partial charge is 0.394 e. The van der Waals surface area contributed by atoms with Gasteiger partial charge in [-0.05, 0) is 42.9 Å². The summed E-state index contributed by atoms with van der Waals surface area (Å²) in [6, 6.07) is 0. The standard InChI is InChI=1S/C27H46O12/c1-12-5-6-16-26(2,3)17(39-25-23(35)21(33)19(31)15(10-29)38-25)7-8-27(16,4)13(12)11-36-24-22(34)20(32)18(30)14(9-28)37-24/h5,13-25,28-35H,6-11H2,1-4H3. The van der Waals surface area contributed by atoms with Gasteiger partial charge in [-0.2, -0.15) is 0 Å². The van der Waals surface area contributed by atoms with E-state index in [1.54, 1.807) is 0 Å². The molecule has 0 aromatic heterocycles. The van der Waals surface area contributed by atoms with Gasteiger partial charge in [0, 0.05) is 5.92 Å². The Morgan fingerprint density at radius 2 is 1.36 bits per heavy atom. The SMILES string of the molecule is CC1=CCC2C(C)(C)C(OC3OC(CO)C(O)C(O)C3O)CCC2(C)C1COC1OC(CO)C(O)C(O)C1O. The van der Waals surface area contributed by atoms with Crippen molar-refractivity contribution >= 4 is 0 Å². The van der Waals surface area contributed by atoms with E-state index in [-0.39, 0.29) is 30.0 Å². The Morgan fingerprint density at radius 3 is 1.92 bits per heavy atom. The lowest BCUT2D eigenvalue weighted by Crippen LogP contribution is -2.62. The quantitative estimate of drug-likeness (QED) is 0.166. The number of hydrogen-bond donors (Lipinski definition) is 8. The van der Waals surface area contributed by atoms with E-state index < -0.39 is 80.0 Å². The van der Waals surface area contributed by atoms with Gasteiger partial charge in [0.25, 0.3) is 0 Å². The van der Waals surface area contributed by atoms with E-state index in [1.165, 1.54) is 0 Å².